The Balaban J connectivity index is 2.10. The molecule has 0 aromatic heterocycles. The first kappa shape index (κ1) is 5.52. The molecule has 0 saturated heterocycles. The molecule has 3 atom stereocenters. The fourth-order valence-electron chi connectivity index (χ4n) is 2.36. The van der Waals surface area contributed by atoms with E-state index in [1.165, 1.54) is 19.3 Å². The second kappa shape index (κ2) is 1.86. The fourth-order valence-corrected chi connectivity index (χ4v) is 2.36. The average Bonchev–Trinajstić information content (AvgIpc) is 2.45. The molecule has 2 bridgehead atoms. The Morgan fingerprint density at radius 1 is 1.33 bits per heavy atom. The third-order valence-electron chi connectivity index (χ3n) is 2.94. The maximum absolute atomic E-state index is 2.43. The highest BCUT2D eigenvalue weighted by molar-refractivity contribution is 5.09. The number of rotatable bonds is 1. The van der Waals surface area contributed by atoms with Crippen molar-refractivity contribution >= 4 is 0 Å². The van der Waals surface area contributed by atoms with Gasteiger partial charge in [0.1, 0.15) is 0 Å². The second-order valence-corrected chi connectivity index (χ2v) is 3.45. The van der Waals surface area contributed by atoms with Gasteiger partial charge in [-0.1, -0.05) is 25.5 Å². The van der Waals surface area contributed by atoms with Gasteiger partial charge in [-0.2, -0.15) is 0 Å². The number of hydrogen-bond acceptors (Lipinski definition) is 0. The van der Waals surface area contributed by atoms with Crippen molar-refractivity contribution in [3.8, 4) is 0 Å². The Hall–Kier alpha value is -0.260. The fraction of sp³-hybridized carbons (Fsp3) is 0.778. The summed E-state index contributed by atoms with van der Waals surface area (Å²) in [5.74, 6) is 2.99. The van der Waals surface area contributed by atoms with Crippen LogP contribution in [-0.2, 0) is 0 Å². The van der Waals surface area contributed by atoms with Gasteiger partial charge in [-0.15, -0.1) is 0 Å². The number of hydrogen-bond donors (Lipinski definition) is 0. The first-order valence-corrected chi connectivity index (χ1v) is 4.08. The zero-order valence-corrected chi connectivity index (χ0v) is 6.01. The predicted octanol–water partition coefficient (Wildman–Crippen LogP) is 2.61. The first-order valence-electron chi connectivity index (χ1n) is 4.08. The van der Waals surface area contributed by atoms with Gasteiger partial charge >= 0.3 is 0 Å². The number of allylic oxidation sites excluding steroid dienone is 2. The van der Waals surface area contributed by atoms with Crippen LogP contribution in [0.3, 0.4) is 0 Å². The van der Waals surface area contributed by atoms with Gasteiger partial charge in [0.05, 0.1) is 0 Å². The van der Waals surface area contributed by atoms with Gasteiger partial charge in [-0.3, -0.25) is 0 Å². The van der Waals surface area contributed by atoms with E-state index < -0.39 is 0 Å². The van der Waals surface area contributed by atoms with Crippen molar-refractivity contribution < 1.29 is 0 Å². The van der Waals surface area contributed by atoms with Crippen LogP contribution in [0.2, 0.25) is 0 Å². The summed E-state index contributed by atoms with van der Waals surface area (Å²) in [7, 11) is 0. The maximum Gasteiger partial charge on any atom is -0.0199 e. The van der Waals surface area contributed by atoms with Crippen molar-refractivity contribution in [3.05, 3.63) is 12.2 Å². The third-order valence-corrected chi connectivity index (χ3v) is 2.94. The van der Waals surface area contributed by atoms with E-state index in [1.807, 2.05) is 0 Å². The van der Waals surface area contributed by atoms with E-state index in [9.17, 15) is 0 Å². The predicted molar refractivity (Wildman–Crippen MR) is 39.1 cm³/mol. The van der Waals surface area contributed by atoms with Crippen LogP contribution in [-0.4, -0.2) is 0 Å². The molecule has 9 heavy (non-hydrogen) atoms. The Morgan fingerprint density at radius 3 is 2.56 bits per heavy atom. The summed E-state index contributed by atoms with van der Waals surface area (Å²) in [6, 6.07) is 0. The minimum Gasteiger partial charge on any atom is -0.0851 e. The Kier molecular flexibility index (Phi) is 1.14. The highest BCUT2D eigenvalue weighted by Crippen LogP contribution is 2.44. The van der Waals surface area contributed by atoms with Crippen LogP contribution in [0.15, 0.2) is 12.2 Å². The lowest BCUT2D eigenvalue weighted by molar-refractivity contribution is 0.434. The molecule has 2 aliphatic carbocycles. The zero-order valence-electron chi connectivity index (χ0n) is 6.01. The molecular weight excluding hydrogens is 108 g/mol. The van der Waals surface area contributed by atoms with Crippen LogP contribution in [0.5, 0.6) is 0 Å². The van der Waals surface area contributed by atoms with Gasteiger partial charge in [0, 0.05) is 0 Å². The molecule has 0 N–H and O–H groups in total. The summed E-state index contributed by atoms with van der Waals surface area (Å²) in [6.45, 7) is 2.32. The van der Waals surface area contributed by atoms with E-state index in [4.69, 9.17) is 0 Å². The van der Waals surface area contributed by atoms with Crippen molar-refractivity contribution in [3.63, 3.8) is 0 Å². The molecule has 0 aromatic carbocycles. The monoisotopic (exact) mass is 122 g/mol. The van der Waals surface area contributed by atoms with Gasteiger partial charge in [-0.25, -0.2) is 0 Å². The quantitative estimate of drug-likeness (QED) is 0.469. The smallest absolute Gasteiger partial charge is 0.0199 e. The minimum atomic E-state index is 0.972. The molecule has 2 rings (SSSR count). The molecule has 50 valence electrons. The molecule has 0 aromatic rings. The van der Waals surface area contributed by atoms with E-state index in [-0.39, 0.29) is 0 Å². The Morgan fingerprint density at radius 2 is 2.22 bits per heavy atom. The molecule has 1 saturated carbocycles. The molecular formula is C9H14. The van der Waals surface area contributed by atoms with Crippen molar-refractivity contribution in [1.29, 1.82) is 0 Å². The van der Waals surface area contributed by atoms with Gasteiger partial charge in [-0.05, 0) is 30.6 Å². The third kappa shape index (κ3) is 0.726. The van der Waals surface area contributed by atoms with E-state index in [2.05, 4.69) is 19.1 Å². The van der Waals surface area contributed by atoms with Crippen LogP contribution < -0.4 is 0 Å². The largest absolute Gasteiger partial charge is 0.0851 e. The van der Waals surface area contributed by atoms with Crippen LogP contribution in [0, 0.1) is 17.8 Å². The standard InChI is InChI=1S/C9H14/c1-2-8-5-7-3-4-9(8)6-7/h3-4,7-9H,2,5-6H2,1H3/t7-,8+,9-/m0/s1. The lowest BCUT2D eigenvalue weighted by atomic mass is 9.91. The molecule has 0 heteroatoms. The normalized spacial score (nSPS) is 46.6. The van der Waals surface area contributed by atoms with Crippen molar-refractivity contribution in [2.24, 2.45) is 17.8 Å². The minimum absolute atomic E-state index is 0.972. The SMILES string of the molecule is CC[C@@H]1C[C@@H]2C=C[C@H]1C2. The molecule has 0 nitrogen and oxygen atoms in total. The van der Waals surface area contributed by atoms with Crippen molar-refractivity contribution in [2.75, 3.05) is 0 Å². The van der Waals surface area contributed by atoms with E-state index in [1.54, 1.807) is 0 Å². The summed E-state index contributed by atoms with van der Waals surface area (Å²) < 4.78 is 0. The molecule has 0 spiro atoms. The Labute approximate surface area is 57.0 Å². The first-order chi connectivity index (χ1) is 4.40. The van der Waals surface area contributed by atoms with E-state index in [0.29, 0.717) is 0 Å². The topological polar surface area (TPSA) is 0 Å². The maximum atomic E-state index is 2.43. The second-order valence-electron chi connectivity index (χ2n) is 3.45. The molecule has 0 heterocycles. The average molecular weight is 122 g/mol. The van der Waals surface area contributed by atoms with Gasteiger partial charge in [0.2, 0.25) is 0 Å². The lowest BCUT2D eigenvalue weighted by Crippen LogP contribution is -2.04. The van der Waals surface area contributed by atoms with Crippen LogP contribution in [0.25, 0.3) is 0 Å². The van der Waals surface area contributed by atoms with Crippen LogP contribution in [0.4, 0.5) is 0 Å². The summed E-state index contributed by atoms with van der Waals surface area (Å²) in [5.41, 5.74) is 0. The van der Waals surface area contributed by atoms with Crippen LogP contribution in [0.1, 0.15) is 26.2 Å². The van der Waals surface area contributed by atoms with E-state index >= 15 is 0 Å². The summed E-state index contributed by atoms with van der Waals surface area (Å²) >= 11 is 0. The highest BCUT2D eigenvalue weighted by atomic mass is 14.4. The molecule has 0 amide bonds. The summed E-state index contributed by atoms with van der Waals surface area (Å²) in [6.07, 6.45) is 9.20. The van der Waals surface area contributed by atoms with Gasteiger partial charge < -0.3 is 0 Å². The van der Waals surface area contributed by atoms with Gasteiger partial charge in [0.15, 0.2) is 0 Å². The summed E-state index contributed by atoms with van der Waals surface area (Å²) in [5, 5.41) is 0. The molecule has 0 unspecified atom stereocenters. The van der Waals surface area contributed by atoms with Crippen LogP contribution >= 0.6 is 0 Å². The van der Waals surface area contributed by atoms with Crippen molar-refractivity contribution in [2.45, 2.75) is 26.2 Å². The van der Waals surface area contributed by atoms with E-state index in [0.717, 1.165) is 17.8 Å². The molecule has 0 aliphatic heterocycles. The van der Waals surface area contributed by atoms with Crippen molar-refractivity contribution in [1.82, 2.24) is 0 Å². The molecule has 1 fully saturated rings. The lowest BCUT2D eigenvalue weighted by Gasteiger charge is -2.14. The number of fused-ring (bicyclic) bond motifs is 2. The van der Waals surface area contributed by atoms with Gasteiger partial charge in [0.25, 0.3) is 0 Å². The summed E-state index contributed by atoms with van der Waals surface area (Å²) in [4.78, 5) is 0. The zero-order chi connectivity index (χ0) is 6.27. The highest BCUT2D eigenvalue weighted by Gasteiger charge is 2.33. The Bertz CT molecular complexity index is 135. The molecule has 0 radical (unpaired) electrons. The molecule has 2 aliphatic rings.